The summed E-state index contributed by atoms with van der Waals surface area (Å²) in [6.45, 7) is 7.31. The number of hydrogen-bond acceptors (Lipinski definition) is 10. The second-order valence-corrected chi connectivity index (χ2v) is 11.4. The van der Waals surface area contributed by atoms with Gasteiger partial charge in [-0.05, 0) is 36.8 Å². The molecule has 3 rings (SSSR count). The zero-order chi connectivity index (χ0) is 32.6. The summed E-state index contributed by atoms with van der Waals surface area (Å²) in [5, 5.41) is 11.1. The summed E-state index contributed by atoms with van der Waals surface area (Å²) in [5.74, 6) is -2.65. The third-order valence-electron chi connectivity index (χ3n) is 7.02. The third kappa shape index (κ3) is 8.35. The van der Waals surface area contributed by atoms with E-state index in [1.807, 2.05) is 27.7 Å². The first-order valence-electron chi connectivity index (χ1n) is 14.4. The van der Waals surface area contributed by atoms with Crippen molar-refractivity contribution in [1.29, 1.82) is 0 Å². The lowest BCUT2D eigenvalue weighted by Crippen LogP contribution is -2.43. The van der Waals surface area contributed by atoms with Crippen LogP contribution in [0.1, 0.15) is 72.4 Å². The average molecular weight is 609 g/mol. The van der Waals surface area contributed by atoms with Crippen molar-refractivity contribution < 1.29 is 38.2 Å². The number of fused-ring (bicyclic) bond motifs is 2. The largest absolute Gasteiger partial charge is 0.468 e. The molecule has 2 atom stereocenters. The quantitative estimate of drug-likeness (QED) is 0.200. The molecule has 2 amide bonds. The molecule has 0 bridgehead atoms. The number of esters is 2. The number of amides is 2. The fraction of sp³-hybridized carbons (Fsp3) is 0.438. The Bertz CT molecular complexity index is 1330. The normalized spacial score (nSPS) is 13.5. The van der Waals surface area contributed by atoms with Crippen LogP contribution in [0.3, 0.4) is 0 Å². The molecule has 1 aliphatic rings. The second kappa shape index (κ2) is 15.3. The van der Waals surface area contributed by atoms with Crippen molar-refractivity contribution in [3.8, 4) is 0 Å². The number of carbonyl (C=O) groups excluding carboxylic acids is 6. The summed E-state index contributed by atoms with van der Waals surface area (Å²) < 4.78 is 9.64. The van der Waals surface area contributed by atoms with Crippen molar-refractivity contribution in [2.24, 2.45) is 11.8 Å². The highest BCUT2D eigenvalue weighted by Crippen LogP contribution is 2.35. The van der Waals surface area contributed by atoms with Gasteiger partial charge in [-0.3, -0.25) is 39.4 Å². The first-order valence-corrected chi connectivity index (χ1v) is 14.4. The van der Waals surface area contributed by atoms with Gasteiger partial charge in [0.15, 0.2) is 11.6 Å². The molecule has 0 unspecified atom stereocenters. The molecule has 0 spiro atoms. The molecule has 0 heterocycles. The van der Waals surface area contributed by atoms with E-state index in [-0.39, 0.29) is 58.6 Å². The molecular weight excluding hydrogens is 568 g/mol. The molecule has 12 heteroatoms. The van der Waals surface area contributed by atoms with E-state index in [4.69, 9.17) is 9.47 Å². The van der Waals surface area contributed by atoms with Crippen molar-refractivity contribution >= 4 is 46.7 Å². The van der Waals surface area contributed by atoms with E-state index in [0.29, 0.717) is 12.8 Å². The Kier molecular flexibility index (Phi) is 11.9. The van der Waals surface area contributed by atoms with Gasteiger partial charge < -0.3 is 20.1 Å². The number of hydrogen-bond donors (Lipinski definition) is 4. The molecule has 0 saturated heterocycles. The van der Waals surface area contributed by atoms with E-state index in [1.165, 1.54) is 38.5 Å². The smallest absolute Gasteiger partial charge is 0.322 e. The lowest BCUT2D eigenvalue weighted by atomic mass is 9.82. The Morgan fingerprint density at radius 1 is 0.636 bits per heavy atom. The zero-order valence-electron chi connectivity index (χ0n) is 25.9. The van der Waals surface area contributed by atoms with Crippen LogP contribution in [0.25, 0.3) is 0 Å². The van der Waals surface area contributed by atoms with Crippen molar-refractivity contribution in [3.63, 3.8) is 0 Å². The van der Waals surface area contributed by atoms with E-state index in [9.17, 15) is 28.8 Å². The van der Waals surface area contributed by atoms with Crippen LogP contribution in [0.2, 0.25) is 0 Å². The summed E-state index contributed by atoms with van der Waals surface area (Å²) in [6, 6.07) is 7.72. The van der Waals surface area contributed by atoms with Crippen molar-refractivity contribution in [1.82, 2.24) is 10.6 Å². The van der Waals surface area contributed by atoms with Gasteiger partial charge in [-0.15, -0.1) is 0 Å². The second-order valence-electron chi connectivity index (χ2n) is 11.4. The molecule has 1 aliphatic carbocycles. The average Bonchev–Trinajstić information content (AvgIpc) is 2.98. The van der Waals surface area contributed by atoms with E-state index in [1.54, 1.807) is 12.1 Å². The lowest BCUT2D eigenvalue weighted by Gasteiger charge is -2.23. The van der Waals surface area contributed by atoms with Crippen molar-refractivity contribution in [3.05, 3.63) is 58.7 Å². The number of carbonyl (C=O) groups is 6. The van der Waals surface area contributed by atoms with Crippen LogP contribution in [-0.4, -0.2) is 74.7 Å². The number of ether oxygens (including phenoxy) is 2. The predicted molar refractivity (Wildman–Crippen MR) is 164 cm³/mol. The molecule has 0 aromatic heterocycles. The summed E-state index contributed by atoms with van der Waals surface area (Å²) in [7, 11) is 2.55. The number of anilines is 2. The minimum atomic E-state index is -0.684. The monoisotopic (exact) mass is 608 g/mol. The van der Waals surface area contributed by atoms with Crippen molar-refractivity contribution in [2.75, 3.05) is 37.9 Å². The minimum Gasteiger partial charge on any atom is -0.468 e. The molecule has 236 valence electrons. The third-order valence-corrected chi connectivity index (χ3v) is 7.02. The summed E-state index contributed by atoms with van der Waals surface area (Å²) in [6.07, 6.45) is 0.923. The van der Waals surface area contributed by atoms with Gasteiger partial charge in [-0.2, -0.15) is 0 Å². The Labute approximate surface area is 256 Å². The number of rotatable bonds is 14. The van der Waals surface area contributed by atoms with Crippen LogP contribution < -0.4 is 21.3 Å². The van der Waals surface area contributed by atoms with Gasteiger partial charge in [-0.25, -0.2) is 0 Å². The van der Waals surface area contributed by atoms with Gasteiger partial charge in [0.25, 0.3) is 0 Å². The Morgan fingerprint density at radius 3 is 1.32 bits per heavy atom. The van der Waals surface area contributed by atoms with Crippen LogP contribution in [0.4, 0.5) is 11.4 Å². The maximum absolute atomic E-state index is 13.7. The Balaban J connectivity index is 1.78. The molecular formula is C32H40N4O8. The van der Waals surface area contributed by atoms with Crippen LogP contribution in [0.5, 0.6) is 0 Å². The van der Waals surface area contributed by atoms with Gasteiger partial charge in [0, 0.05) is 11.1 Å². The standard InChI is InChI=1S/C32H40N4O8/c1-17(2)13-23(31(41)43-5)33-15-25(37)35-21-11-7-9-19-27(21)29(39)20-10-8-12-22(28(20)30(19)40)36-26(38)16-34-24(14-18(3)4)32(42)44-6/h7-12,17-18,23-24,33-34H,13-16H2,1-6H3,(H,35,37)(H,36,38)/t23-,24-/m0/s1. The van der Waals surface area contributed by atoms with Crippen LogP contribution in [0.15, 0.2) is 36.4 Å². The molecule has 2 aromatic carbocycles. The van der Waals surface area contributed by atoms with Gasteiger partial charge >= 0.3 is 11.9 Å². The number of nitrogens with one attached hydrogen (secondary N) is 4. The topological polar surface area (TPSA) is 169 Å². The molecule has 12 nitrogen and oxygen atoms in total. The lowest BCUT2D eigenvalue weighted by molar-refractivity contribution is -0.144. The summed E-state index contributed by atoms with van der Waals surface area (Å²) in [4.78, 5) is 77.2. The minimum absolute atomic E-state index is 0.0322. The van der Waals surface area contributed by atoms with Gasteiger partial charge in [0.1, 0.15) is 12.1 Å². The molecule has 0 fully saturated rings. The maximum atomic E-state index is 13.7. The van der Waals surface area contributed by atoms with Crippen molar-refractivity contribution in [2.45, 2.75) is 52.6 Å². The van der Waals surface area contributed by atoms with Crippen LogP contribution in [-0.2, 0) is 28.7 Å². The predicted octanol–water partition coefficient (Wildman–Crippen LogP) is 2.69. The summed E-state index contributed by atoms with van der Waals surface area (Å²) >= 11 is 0. The summed E-state index contributed by atoms with van der Waals surface area (Å²) in [5.41, 5.74) is 0.504. The molecule has 0 radical (unpaired) electrons. The number of benzene rings is 2. The van der Waals surface area contributed by atoms with E-state index < -0.39 is 47.4 Å². The fourth-order valence-electron chi connectivity index (χ4n) is 5.02. The SMILES string of the molecule is COC(=O)[C@H](CC(C)C)NCC(=O)Nc1cccc2c1C(=O)c1cccc(NC(=O)CN[C@@H](CC(C)C)C(=O)OC)c1C2=O. The van der Waals surface area contributed by atoms with Gasteiger partial charge in [0.2, 0.25) is 11.8 Å². The molecule has 2 aromatic rings. The number of methoxy groups -OCH3 is 2. The van der Waals surface area contributed by atoms with Crippen LogP contribution >= 0.6 is 0 Å². The first kappa shape index (κ1) is 34.1. The first-order chi connectivity index (χ1) is 20.9. The highest BCUT2D eigenvalue weighted by atomic mass is 16.5. The zero-order valence-corrected chi connectivity index (χ0v) is 25.9. The highest BCUT2D eigenvalue weighted by molar-refractivity contribution is 6.32. The Hall–Kier alpha value is -4.42. The van der Waals surface area contributed by atoms with Crippen LogP contribution in [0, 0.1) is 11.8 Å². The highest BCUT2D eigenvalue weighted by Gasteiger charge is 2.34. The van der Waals surface area contributed by atoms with Gasteiger partial charge in [0.05, 0.1) is 49.8 Å². The molecule has 0 aliphatic heterocycles. The molecule has 0 saturated carbocycles. The van der Waals surface area contributed by atoms with E-state index in [2.05, 4.69) is 21.3 Å². The molecule has 4 N–H and O–H groups in total. The van der Waals surface area contributed by atoms with E-state index in [0.717, 1.165) is 0 Å². The van der Waals surface area contributed by atoms with Gasteiger partial charge in [-0.1, -0.05) is 52.0 Å². The maximum Gasteiger partial charge on any atom is 0.322 e. The fourth-order valence-corrected chi connectivity index (χ4v) is 5.02. The van der Waals surface area contributed by atoms with E-state index >= 15 is 0 Å². The number of ketones is 2. The Morgan fingerprint density at radius 2 is 1.00 bits per heavy atom. The molecule has 44 heavy (non-hydrogen) atoms.